The van der Waals surface area contributed by atoms with E-state index >= 15 is 0 Å². The van der Waals surface area contributed by atoms with Gasteiger partial charge in [-0.1, -0.05) is 23.7 Å². The van der Waals surface area contributed by atoms with E-state index in [1.165, 1.54) is 11.9 Å². The Kier molecular flexibility index (Phi) is 5.70. The number of ether oxygens (including phenoxy) is 1. The molecule has 0 amide bonds. The molecule has 0 saturated heterocycles. The van der Waals surface area contributed by atoms with Crippen molar-refractivity contribution in [2.75, 3.05) is 0 Å². The van der Waals surface area contributed by atoms with E-state index in [-0.39, 0.29) is 39.8 Å². The number of nitrogens with zero attached hydrogens (tertiary/aromatic N) is 2. The fraction of sp³-hybridized carbons (Fsp3) is 0.333. The molecule has 0 aliphatic carbocycles. The number of carbonyl (C=O) groups is 1. The highest BCUT2D eigenvalue weighted by Crippen LogP contribution is 2.32. The molecule has 8 nitrogen and oxygen atoms in total. The van der Waals surface area contributed by atoms with Crippen molar-refractivity contribution < 1.29 is 31.9 Å². The second-order valence-electron chi connectivity index (χ2n) is 6.71. The molecule has 0 spiro atoms. The summed E-state index contributed by atoms with van der Waals surface area (Å²) in [6.07, 6.45) is -4.99. The molecule has 3 rings (SSSR count). The quantitative estimate of drug-likeness (QED) is 0.554. The van der Waals surface area contributed by atoms with Crippen molar-refractivity contribution in [2.45, 2.75) is 38.7 Å². The lowest BCUT2D eigenvalue weighted by Gasteiger charge is -2.21. The summed E-state index contributed by atoms with van der Waals surface area (Å²) in [4.78, 5) is 42.5. The van der Waals surface area contributed by atoms with E-state index in [1.54, 1.807) is 6.92 Å². The molecule has 31 heavy (non-hydrogen) atoms. The number of halogens is 5. The van der Waals surface area contributed by atoms with Gasteiger partial charge in [-0.2, -0.15) is 13.2 Å². The van der Waals surface area contributed by atoms with Crippen LogP contribution < -0.4 is 11.2 Å². The van der Waals surface area contributed by atoms with Gasteiger partial charge in [-0.15, -0.1) is 0 Å². The van der Waals surface area contributed by atoms with Crippen LogP contribution in [0.5, 0.6) is 0 Å². The smallest absolute Gasteiger partial charge is 0.420 e. The summed E-state index contributed by atoms with van der Waals surface area (Å²) >= 11 is 6.05. The number of rotatable bonds is 4. The van der Waals surface area contributed by atoms with Crippen LogP contribution in [0.25, 0.3) is 5.69 Å². The van der Waals surface area contributed by atoms with Gasteiger partial charge >= 0.3 is 17.8 Å². The summed E-state index contributed by atoms with van der Waals surface area (Å²) in [5, 5.41) is 3.60. The predicted octanol–water partition coefficient (Wildman–Crippen LogP) is 3.13. The molecule has 13 heteroatoms. The Morgan fingerprint density at radius 1 is 1.35 bits per heavy atom. The highest BCUT2D eigenvalue weighted by Gasteiger charge is 2.39. The summed E-state index contributed by atoms with van der Waals surface area (Å²) in [5.41, 5.74) is -5.00. The molecule has 1 aliphatic rings. The van der Waals surface area contributed by atoms with E-state index in [0.29, 0.717) is 0 Å². The lowest BCUT2D eigenvalue weighted by atomic mass is 10.0. The Bertz CT molecular complexity index is 1170. The molecule has 2 heterocycles. The lowest BCUT2D eigenvalue weighted by molar-refractivity contribution is -0.212. The fourth-order valence-corrected chi connectivity index (χ4v) is 3.10. The number of hydrogen-bond acceptors (Lipinski definition) is 6. The maximum Gasteiger partial charge on any atom is 0.431 e. The molecule has 166 valence electrons. The van der Waals surface area contributed by atoms with Crippen LogP contribution in [0.4, 0.5) is 17.6 Å². The van der Waals surface area contributed by atoms with Gasteiger partial charge in [0.1, 0.15) is 11.5 Å². The van der Waals surface area contributed by atoms with E-state index in [2.05, 4.69) is 5.16 Å². The first-order valence-corrected chi connectivity index (χ1v) is 9.12. The van der Waals surface area contributed by atoms with E-state index in [9.17, 15) is 31.9 Å². The maximum atomic E-state index is 14.5. The number of esters is 1. The van der Waals surface area contributed by atoms with Crippen LogP contribution in [0, 0.1) is 5.82 Å². The largest absolute Gasteiger partial charge is 0.431 e. The molecule has 1 aromatic carbocycles. The number of aromatic nitrogens is 2. The average molecular weight is 464 g/mol. The fourth-order valence-electron chi connectivity index (χ4n) is 2.84. The van der Waals surface area contributed by atoms with Gasteiger partial charge in [0.15, 0.2) is 0 Å². The number of nitrogens with one attached hydrogen (secondary N) is 1. The minimum Gasteiger partial charge on any atom is -0.420 e. The Morgan fingerprint density at radius 2 is 2.03 bits per heavy atom. The van der Waals surface area contributed by atoms with Crippen molar-refractivity contribution in [3.05, 3.63) is 61.1 Å². The van der Waals surface area contributed by atoms with E-state index in [4.69, 9.17) is 21.2 Å². The molecule has 0 saturated carbocycles. The first-order chi connectivity index (χ1) is 14.3. The maximum absolute atomic E-state index is 14.5. The number of hydrogen-bond donors (Lipinski definition) is 1. The summed E-state index contributed by atoms with van der Waals surface area (Å²) in [5.74, 6) is -3.16. The summed E-state index contributed by atoms with van der Waals surface area (Å²) < 4.78 is 58.2. The number of alkyl halides is 3. The molecule has 0 fully saturated rings. The molecule has 1 N–H and O–H groups in total. The second-order valence-corrected chi connectivity index (χ2v) is 7.12. The SMILES string of the molecule is CCC(=O)OC1(C)CC(c2cc(-n3c(=O)cc(C(F)(F)F)[nH]c3=O)c(F)cc2Cl)=NO1. The van der Waals surface area contributed by atoms with Gasteiger partial charge in [-0.25, -0.2) is 13.8 Å². The van der Waals surface area contributed by atoms with E-state index in [1.807, 2.05) is 0 Å². The monoisotopic (exact) mass is 463 g/mol. The van der Waals surface area contributed by atoms with Gasteiger partial charge in [0.25, 0.3) is 11.3 Å². The second kappa shape index (κ2) is 7.84. The zero-order valence-corrected chi connectivity index (χ0v) is 16.7. The van der Waals surface area contributed by atoms with Crippen LogP contribution in [0.15, 0.2) is 32.9 Å². The van der Waals surface area contributed by atoms with Gasteiger partial charge in [-0.3, -0.25) is 9.59 Å². The molecule has 1 atom stereocenters. The highest BCUT2D eigenvalue weighted by atomic mass is 35.5. The van der Waals surface area contributed by atoms with Crippen LogP contribution >= 0.6 is 11.6 Å². The summed E-state index contributed by atoms with van der Waals surface area (Å²) in [6, 6.07) is 1.87. The van der Waals surface area contributed by atoms with Crippen molar-refractivity contribution in [1.82, 2.24) is 9.55 Å². The lowest BCUT2D eigenvalue weighted by Crippen LogP contribution is -2.36. The van der Waals surface area contributed by atoms with Crippen molar-refractivity contribution in [1.29, 1.82) is 0 Å². The zero-order valence-electron chi connectivity index (χ0n) is 16.0. The van der Waals surface area contributed by atoms with Gasteiger partial charge in [-0.05, 0) is 12.1 Å². The Hall–Kier alpha value is -3.15. The zero-order chi connectivity index (χ0) is 23.1. The topological polar surface area (TPSA) is 103 Å². The van der Waals surface area contributed by atoms with Crippen LogP contribution in [-0.4, -0.2) is 27.0 Å². The standard InChI is InChI=1S/C18H14ClF4N3O5/c1-3-15(28)30-17(2)7-11(25-31-17)8-4-12(10(20)5-9(8)19)26-14(27)6-13(18(21,22)23)24-16(26)29/h4-6H,3,7H2,1-2H3,(H,24,29). The molecule has 1 aliphatic heterocycles. The number of aromatic amines is 1. The number of H-pyrrole nitrogens is 1. The Balaban J connectivity index is 2.06. The summed E-state index contributed by atoms with van der Waals surface area (Å²) in [6.45, 7) is 3.01. The third-order valence-corrected chi connectivity index (χ3v) is 4.60. The highest BCUT2D eigenvalue weighted by molar-refractivity contribution is 6.34. The minimum absolute atomic E-state index is 0.0283. The average Bonchev–Trinajstić information content (AvgIpc) is 3.03. The Morgan fingerprint density at radius 3 is 2.61 bits per heavy atom. The van der Waals surface area contributed by atoms with Crippen LogP contribution in [0.3, 0.4) is 0 Å². The van der Waals surface area contributed by atoms with E-state index < -0.39 is 46.4 Å². The normalized spacial score (nSPS) is 18.5. The van der Waals surface area contributed by atoms with Crippen molar-refractivity contribution in [3.63, 3.8) is 0 Å². The molecular formula is C18H14ClF4N3O5. The van der Waals surface area contributed by atoms with Gasteiger partial charge in [0, 0.05) is 25.0 Å². The number of benzene rings is 1. The third-order valence-electron chi connectivity index (χ3n) is 4.28. The van der Waals surface area contributed by atoms with Gasteiger partial charge in [0.2, 0.25) is 0 Å². The molecule has 0 bridgehead atoms. The summed E-state index contributed by atoms with van der Waals surface area (Å²) in [7, 11) is 0. The van der Waals surface area contributed by atoms with Crippen LogP contribution in [0.1, 0.15) is 37.9 Å². The van der Waals surface area contributed by atoms with E-state index in [0.717, 1.165) is 12.1 Å². The molecule has 1 unspecified atom stereocenters. The van der Waals surface area contributed by atoms with Crippen LogP contribution in [-0.2, 0) is 20.5 Å². The number of carbonyl (C=O) groups excluding carboxylic acids is 1. The predicted molar refractivity (Wildman–Crippen MR) is 99.7 cm³/mol. The third kappa shape index (κ3) is 4.48. The molecule has 0 radical (unpaired) electrons. The minimum atomic E-state index is -4.97. The van der Waals surface area contributed by atoms with Crippen molar-refractivity contribution >= 4 is 23.3 Å². The molecule has 1 aromatic heterocycles. The van der Waals surface area contributed by atoms with Gasteiger partial charge in [0.05, 0.1) is 22.8 Å². The number of oxime groups is 1. The Labute approximate surface area is 176 Å². The van der Waals surface area contributed by atoms with Crippen molar-refractivity contribution in [2.24, 2.45) is 5.16 Å². The van der Waals surface area contributed by atoms with Crippen LogP contribution in [0.2, 0.25) is 5.02 Å². The van der Waals surface area contributed by atoms with Crippen molar-refractivity contribution in [3.8, 4) is 5.69 Å². The first-order valence-electron chi connectivity index (χ1n) is 8.75. The molecule has 2 aromatic rings. The first kappa shape index (κ1) is 22.5. The van der Waals surface area contributed by atoms with Gasteiger partial charge < -0.3 is 14.6 Å². The molecular weight excluding hydrogens is 450 g/mol.